The number of amides is 1. The van der Waals surface area contributed by atoms with Gasteiger partial charge in [-0.2, -0.15) is 12.7 Å². The lowest BCUT2D eigenvalue weighted by molar-refractivity contribution is 0.203. The topological polar surface area (TPSA) is 118 Å². The average Bonchev–Trinajstić information content (AvgIpc) is 2.72. The van der Waals surface area contributed by atoms with Crippen molar-refractivity contribution < 1.29 is 22.4 Å². The first-order chi connectivity index (χ1) is 15.0. The molecule has 0 unspecified atom stereocenters. The highest BCUT2D eigenvalue weighted by Gasteiger charge is 2.17. The maximum Gasteiger partial charge on any atom is 0.412 e. The van der Waals surface area contributed by atoms with Crippen LogP contribution in [0.3, 0.4) is 0 Å². The Bertz CT molecular complexity index is 1350. The first kappa shape index (κ1) is 23.6. The minimum atomic E-state index is -3.66. The van der Waals surface area contributed by atoms with Gasteiger partial charge in [-0.15, -0.1) is 0 Å². The second kappa shape index (κ2) is 9.19. The first-order valence-corrected chi connectivity index (χ1v) is 11.3. The molecule has 0 radical (unpaired) electrons. The SMILES string of the molecule is CNC(=O)Oc1cc2oc(=O)c(Cc3cccc(NS(=O)(=O)N(C)C)c3)c(C)c2cc1Cl. The van der Waals surface area contributed by atoms with Gasteiger partial charge in [-0.25, -0.2) is 9.59 Å². The molecule has 0 bridgehead atoms. The lowest BCUT2D eigenvalue weighted by atomic mass is 9.99. The fraction of sp³-hybridized carbons (Fsp3) is 0.238. The summed E-state index contributed by atoms with van der Waals surface area (Å²) in [6, 6.07) is 9.70. The van der Waals surface area contributed by atoms with Crippen LogP contribution in [-0.4, -0.2) is 40.0 Å². The average molecular weight is 480 g/mol. The predicted molar refractivity (Wildman–Crippen MR) is 123 cm³/mol. The molecule has 3 rings (SSSR count). The van der Waals surface area contributed by atoms with Crippen LogP contribution in [0.25, 0.3) is 11.0 Å². The molecule has 0 fully saturated rings. The van der Waals surface area contributed by atoms with Crippen LogP contribution in [0.5, 0.6) is 5.75 Å². The summed E-state index contributed by atoms with van der Waals surface area (Å²) in [6.07, 6.45) is -0.484. The van der Waals surface area contributed by atoms with Crippen molar-refractivity contribution in [2.24, 2.45) is 0 Å². The molecule has 0 saturated heterocycles. The van der Waals surface area contributed by atoms with Crippen molar-refractivity contribution in [2.75, 3.05) is 25.9 Å². The fourth-order valence-corrected chi connectivity index (χ4v) is 3.82. The molecule has 0 aliphatic carbocycles. The van der Waals surface area contributed by atoms with Crippen LogP contribution in [0.2, 0.25) is 5.02 Å². The number of rotatable bonds is 6. The van der Waals surface area contributed by atoms with Crippen molar-refractivity contribution in [1.82, 2.24) is 9.62 Å². The largest absolute Gasteiger partial charge is 0.422 e. The predicted octanol–water partition coefficient (Wildman–Crippen LogP) is 3.28. The molecule has 0 spiro atoms. The normalized spacial score (nSPS) is 11.6. The maximum absolute atomic E-state index is 12.7. The third kappa shape index (κ3) is 5.04. The Labute approximate surface area is 190 Å². The number of carbonyl (C=O) groups is 1. The van der Waals surface area contributed by atoms with Crippen LogP contribution in [0.1, 0.15) is 16.7 Å². The van der Waals surface area contributed by atoms with E-state index in [1.165, 1.54) is 27.2 Å². The van der Waals surface area contributed by atoms with Crippen LogP contribution in [0.15, 0.2) is 45.6 Å². The van der Waals surface area contributed by atoms with E-state index in [2.05, 4.69) is 10.0 Å². The van der Waals surface area contributed by atoms with Crippen molar-refractivity contribution >= 4 is 44.6 Å². The first-order valence-electron chi connectivity index (χ1n) is 9.46. The molecular formula is C21H22ClN3O6S. The van der Waals surface area contributed by atoms with Gasteiger partial charge in [0.1, 0.15) is 5.58 Å². The van der Waals surface area contributed by atoms with Crippen molar-refractivity contribution in [3.63, 3.8) is 0 Å². The Balaban J connectivity index is 1.98. The van der Waals surface area contributed by atoms with Gasteiger partial charge in [0.25, 0.3) is 0 Å². The van der Waals surface area contributed by atoms with Crippen LogP contribution >= 0.6 is 11.6 Å². The molecule has 32 heavy (non-hydrogen) atoms. The minimum Gasteiger partial charge on any atom is -0.422 e. The molecule has 9 nitrogen and oxygen atoms in total. The van der Waals surface area contributed by atoms with Gasteiger partial charge < -0.3 is 14.5 Å². The number of hydrogen-bond acceptors (Lipinski definition) is 6. The summed E-state index contributed by atoms with van der Waals surface area (Å²) in [7, 11) is 0.599. The van der Waals surface area contributed by atoms with Crippen LogP contribution < -0.4 is 20.4 Å². The van der Waals surface area contributed by atoms with Gasteiger partial charge in [0, 0.05) is 44.6 Å². The summed E-state index contributed by atoms with van der Waals surface area (Å²) in [5, 5.41) is 3.10. The van der Waals surface area contributed by atoms with Gasteiger partial charge in [-0.3, -0.25) is 4.72 Å². The van der Waals surface area contributed by atoms with Gasteiger partial charge in [0.2, 0.25) is 0 Å². The Morgan fingerprint density at radius 1 is 1.22 bits per heavy atom. The zero-order valence-corrected chi connectivity index (χ0v) is 19.4. The van der Waals surface area contributed by atoms with Crippen molar-refractivity contribution in [3.8, 4) is 5.75 Å². The minimum absolute atomic E-state index is 0.0645. The molecule has 2 aromatic carbocycles. The lowest BCUT2D eigenvalue weighted by Gasteiger charge is -2.14. The molecule has 2 N–H and O–H groups in total. The Hall–Kier alpha value is -3.08. The number of anilines is 1. The van der Waals surface area contributed by atoms with Crippen molar-refractivity contribution in [1.29, 1.82) is 0 Å². The summed E-state index contributed by atoms with van der Waals surface area (Å²) in [4.78, 5) is 24.2. The highest BCUT2D eigenvalue weighted by Crippen LogP contribution is 2.32. The zero-order valence-electron chi connectivity index (χ0n) is 17.9. The monoisotopic (exact) mass is 479 g/mol. The summed E-state index contributed by atoms with van der Waals surface area (Å²) >= 11 is 6.24. The molecule has 1 aromatic heterocycles. The number of benzene rings is 2. The molecule has 1 heterocycles. The number of aryl methyl sites for hydroxylation is 1. The molecule has 0 saturated carbocycles. The standard InChI is InChI=1S/C21H22ClN3O6S/c1-12-15-10-17(22)19(31-21(27)23-2)11-18(15)30-20(26)16(12)9-13-6-5-7-14(8-13)24-32(28,29)25(3)4/h5-8,10-11,24H,9H2,1-4H3,(H,23,27). The van der Waals surface area contributed by atoms with Gasteiger partial charge in [-0.1, -0.05) is 23.7 Å². The van der Waals surface area contributed by atoms with E-state index in [0.29, 0.717) is 27.8 Å². The van der Waals surface area contributed by atoms with E-state index in [1.54, 1.807) is 37.3 Å². The van der Waals surface area contributed by atoms with Crippen molar-refractivity contribution in [2.45, 2.75) is 13.3 Å². The van der Waals surface area contributed by atoms with Crippen LogP contribution in [-0.2, 0) is 16.6 Å². The number of fused-ring (bicyclic) bond motifs is 1. The summed E-state index contributed by atoms with van der Waals surface area (Å²) in [5.74, 6) is 0.0645. The maximum atomic E-state index is 12.7. The molecule has 11 heteroatoms. The fourth-order valence-electron chi connectivity index (χ4n) is 3.01. The zero-order chi connectivity index (χ0) is 23.6. The third-order valence-corrected chi connectivity index (χ3v) is 6.53. The smallest absolute Gasteiger partial charge is 0.412 e. The van der Waals surface area contributed by atoms with E-state index in [4.69, 9.17) is 20.8 Å². The van der Waals surface area contributed by atoms with E-state index in [9.17, 15) is 18.0 Å². The Kier molecular flexibility index (Phi) is 6.77. The second-order valence-corrected chi connectivity index (χ2v) is 9.47. The van der Waals surface area contributed by atoms with Gasteiger partial charge in [0.15, 0.2) is 5.75 Å². The van der Waals surface area contributed by atoms with Crippen LogP contribution in [0.4, 0.5) is 10.5 Å². The van der Waals surface area contributed by atoms with Crippen molar-refractivity contribution in [3.05, 3.63) is 68.5 Å². The number of hydrogen-bond donors (Lipinski definition) is 2. The highest BCUT2D eigenvalue weighted by molar-refractivity contribution is 7.90. The molecule has 0 atom stereocenters. The lowest BCUT2D eigenvalue weighted by Crippen LogP contribution is -2.28. The van der Waals surface area contributed by atoms with Gasteiger partial charge >= 0.3 is 21.9 Å². The number of halogens is 1. The molecular weight excluding hydrogens is 458 g/mol. The van der Waals surface area contributed by atoms with E-state index < -0.39 is 21.9 Å². The summed E-state index contributed by atoms with van der Waals surface area (Å²) in [6.45, 7) is 1.77. The molecule has 3 aromatic rings. The Morgan fingerprint density at radius 2 is 1.94 bits per heavy atom. The van der Waals surface area contributed by atoms with Gasteiger partial charge in [0.05, 0.1) is 10.7 Å². The van der Waals surface area contributed by atoms with E-state index in [1.807, 2.05) is 0 Å². The number of ether oxygens (including phenoxy) is 1. The van der Waals surface area contributed by atoms with Gasteiger partial charge in [-0.05, 0) is 36.2 Å². The van der Waals surface area contributed by atoms with E-state index in [0.717, 1.165) is 4.31 Å². The number of carbonyl (C=O) groups excluding carboxylic acids is 1. The van der Waals surface area contributed by atoms with E-state index >= 15 is 0 Å². The van der Waals surface area contributed by atoms with Crippen LogP contribution in [0, 0.1) is 6.92 Å². The molecule has 0 aliphatic rings. The molecule has 170 valence electrons. The number of nitrogens with zero attached hydrogens (tertiary/aromatic N) is 1. The molecule has 0 aliphatic heterocycles. The molecule has 1 amide bonds. The second-order valence-electron chi connectivity index (χ2n) is 7.18. The summed E-state index contributed by atoms with van der Waals surface area (Å²) in [5.41, 5.74) is 1.82. The Morgan fingerprint density at radius 3 is 2.59 bits per heavy atom. The van der Waals surface area contributed by atoms with E-state index in [-0.39, 0.29) is 22.8 Å². The third-order valence-electron chi connectivity index (χ3n) is 4.78. The quantitative estimate of drug-likeness (QED) is 0.524. The highest BCUT2D eigenvalue weighted by atomic mass is 35.5. The number of nitrogens with one attached hydrogen (secondary N) is 2. The summed E-state index contributed by atoms with van der Waals surface area (Å²) < 4.78 is 38.2.